The Morgan fingerprint density at radius 1 is 1.00 bits per heavy atom. The number of ether oxygens (including phenoxy) is 1. The molecular weight excluding hydrogens is 469 g/mol. The van der Waals surface area contributed by atoms with Crippen LogP contribution in [0.1, 0.15) is 24.0 Å². The smallest absolute Gasteiger partial charge is 0.416 e. The summed E-state index contributed by atoms with van der Waals surface area (Å²) in [5.74, 6) is -1.97. The van der Waals surface area contributed by atoms with Gasteiger partial charge in [-0.15, -0.1) is 0 Å². The zero-order chi connectivity index (χ0) is 22.3. The van der Waals surface area contributed by atoms with Crippen molar-refractivity contribution in [3.05, 3.63) is 58.1 Å². The van der Waals surface area contributed by atoms with Crippen LogP contribution in [-0.4, -0.2) is 24.4 Å². The number of amides is 2. The number of benzene rings is 2. The van der Waals surface area contributed by atoms with E-state index in [9.17, 15) is 27.6 Å². The van der Waals surface area contributed by atoms with Gasteiger partial charge in [0.05, 0.1) is 12.0 Å². The van der Waals surface area contributed by atoms with Crippen molar-refractivity contribution in [1.29, 1.82) is 0 Å². The molecule has 0 fully saturated rings. The summed E-state index contributed by atoms with van der Waals surface area (Å²) in [6, 6.07) is 9.40. The van der Waals surface area contributed by atoms with Gasteiger partial charge < -0.3 is 15.4 Å². The van der Waals surface area contributed by atoms with Crippen molar-refractivity contribution >= 4 is 45.1 Å². The third-order valence-corrected chi connectivity index (χ3v) is 4.35. The molecule has 0 aromatic heterocycles. The van der Waals surface area contributed by atoms with E-state index >= 15 is 0 Å². The van der Waals surface area contributed by atoms with Gasteiger partial charge in [0.15, 0.2) is 6.61 Å². The Balaban J connectivity index is 1.75. The first-order valence-corrected chi connectivity index (χ1v) is 9.52. The molecule has 160 valence electrons. The highest BCUT2D eigenvalue weighted by Crippen LogP contribution is 2.30. The highest BCUT2D eigenvalue weighted by Gasteiger charge is 2.30. The lowest BCUT2D eigenvalue weighted by molar-refractivity contribution is -0.147. The van der Waals surface area contributed by atoms with E-state index in [1.54, 1.807) is 19.1 Å². The predicted octanol–water partition coefficient (Wildman–Crippen LogP) is 4.68. The molecule has 0 bridgehead atoms. The number of alkyl halides is 3. The summed E-state index contributed by atoms with van der Waals surface area (Å²) in [7, 11) is 0. The highest BCUT2D eigenvalue weighted by molar-refractivity contribution is 9.10. The molecule has 30 heavy (non-hydrogen) atoms. The number of nitrogens with one attached hydrogen (secondary N) is 2. The number of hydrogen-bond donors (Lipinski definition) is 2. The van der Waals surface area contributed by atoms with Crippen LogP contribution < -0.4 is 10.6 Å². The van der Waals surface area contributed by atoms with Gasteiger partial charge in [-0.2, -0.15) is 13.2 Å². The van der Waals surface area contributed by atoms with Crippen molar-refractivity contribution < 1.29 is 32.3 Å². The molecular formula is C20H18BrF3N2O4. The van der Waals surface area contributed by atoms with Crippen LogP contribution in [0.25, 0.3) is 0 Å². The molecule has 0 aliphatic rings. The minimum absolute atomic E-state index is 0.0348. The topological polar surface area (TPSA) is 84.5 Å². The van der Waals surface area contributed by atoms with E-state index in [1.807, 2.05) is 6.07 Å². The molecule has 0 atom stereocenters. The number of hydrogen-bond acceptors (Lipinski definition) is 4. The van der Waals surface area contributed by atoms with Crippen LogP contribution in [0.15, 0.2) is 46.9 Å². The Kier molecular flexibility index (Phi) is 7.99. The van der Waals surface area contributed by atoms with E-state index in [4.69, 9.17) is 4.74 Å². The summed E-state index contributed by atoms with van der Waals surface area (Å²) < 4.78 is 43.7. The summed E-state index contributed by atoms with van der Waals surface area (Å²) in [6.45, 7) is 1.28. The van der Waals surface area contributed by atoms with Gasteiger partial charge in [-0.1, -0.05) is 22.0 Å². The average molecular weight is 487 g/mol. The molecule has 0 aliphatic carbocycles. The normalized spacial score (nSPS) is 11.0. The standard InChI is InChI=1S/C20H18BrF3N2O4/c1-12-9-14(21)5-6-16(12)26-18(28)11-30-19(29)8-7-17(27)25-15-4-2-3-13(10-15)20(22,23)24/h2-6,9-10H,7-8,11H2,1H3,(H,25,27)(H,26,28). The number of carbonyl (C=O) groups is 3. The van der Waals surface area contributed by atoms with Crippen LogP contribution in [0.3, 0.4) is 0 Å². The number of rotatable bonds is 7. The lowest BCUT2D eigenvalue weighted by Gasteiger charge is -2.10. The first kappa shape index (κ1) is 23.4. The first-order chi connectivity index (χ1) is 14.0. The number of esters is 1. The van der Waals surface area contributed by atoms with Crippen LogP contribution in [0.5, 0.6) is 0 Å². The van der Waals surface area contributed by atoms with Crippen LogP contribution >= 0.6 is 15.9 Å². The molecule has 0 saturated carbocycles. The summed E-state index contributed by atoms with van der Waals surface area (Å²) in [6.07, 6.45) is -5.15. The van der Waals surface area contributed by atoms with Crippen molar-refractivity contribution in [3.8, 4) is 0 Å². The van der Waals surface area contributed by atoms with Crippen molar-refractivity contribution in [1.82, 2.24) is 0 Å². The van der Waals surface area contributed by atoms with Crippen molar-refractivity contribution in [2.24, 2.45) is 0 Å². The zero-order valence-corrected chi connectivity index (χ0v) is 17.4. The molecule has 2 aromatic rings. The van der Waals surface area contributed by atoms with Crippen LogP contribution in [0.2, 0.25) is 0 Å². The molecule has 2 rings (SSSR count). The molecule has 0 radical (unpaired) electrons. The maximum absolute atomic E-state index is 12.7. The third kappa shape index (κ3) is 7.51. The van der Waals surface area contributed by atoms with E-state index in [2.05, 4.69) is 26.6 Å². The molecule has 0 aliphatic heterocycles. The molecule has 10 heteroatoms. The Labute approximate surface area is 178 Å². The quantitative estimate of drug-likeness (QED) is 0.556. The van der Waals surface area contributed by atoms with Gasteiger partial charge in [-0.3, -0.25) is 14.4 Å². The number of halogens is 4. The predicted molar refractivity (Wildman–Crippen MR) is 108 cm³/mol. The molecule has 2 N–H and O–H groups in total. The fraction of sp³-hybridized carbons (Fsp3) is 0.250. The van der Waals surface area contributed by atoms with Gasteiger partial charge in [-0.05, 0) is 48.9 Å². The average Bonchev–Trinajstić information content (AvgIpc) is 2.66. The number of anilines is 2. The first-order valence-electron chi connectivity index (χ1n) is 8.73. The Hall–Kier alpha value is -2.88. The van der Waals surface area contributed by atoms with Gasteiger partial charge in [0.2, 0.25) is 5.91 Å². The van der Waals surface area contributed by atoms with Crippen molar-refractivity contribution in [2.75, 3.05) is 17.2 Å². The minimum Gasteiger partial charge on any atom is -0.456 e. The van der Waals surface area contributed by atoms with Gasteiger partial charge in [0, 0.05) is 22.3 Å². The van der Waals surface area contributed by atoms with E-state index in [0.717, 1.165) is 22.2 Å². The molecule has 0 heterocycles. The van der Waals surface area contributed by atoms with E-state index in [-0.39, 0.29) is 18.5 Å². The lowest BCUT2D eigenvalue weighted by Crippen LogP contribution is -2.22. The number of carbonyl (C=O) groups excluding carboxylic acids is 3. The van der Waals surface area contributed by atoms with E-state index in [0.29, 0.717) is 5.69 Å². The third-order valence-electron chi connectivity index (χ3n) is 3.86. The minimum atomic E-state index is -4.53. The second kappa shape index (κ2) is 10.2. The summed E-state index contributed by atoms with van der Waals surface area (Å²) in [5.41, 5.74) is 0.453. The Bertz CT molecular complexity index is 948. The molecule has 0 saturated heterocycles. The van der Waals surface area contributed by atoms with Crippen molar-refractivity contribution in [3.63, 3.8) is 0 Å². The van der Waals surface area contributed by atoms with Crippen LogP contribution in [0, 0.1) is 6.92 Å². The largest absolute Gasteiger partial charge is 0.456 e. The highest BCUT2D eigenvalue weighted by atomic mass is 79.9. The van der Waals surface area contributed by atoms with Gasteiger partial charge in [0.25, 0.3) is 5.91 Å². The van der Waals surface area contributed by atoms with E-state index < -0.39 is 36.1 Å². The Morgan fingerprint density at radius 3 is 2.40 bits per heavy atom. The molecule has 6 nitrogen and oxygen atoms in total. The van der Waals surface area contributed by atoms with Crippen LogP contribution in [-0.2, 0) is 25.3 Å². The summed E-state index contributed by atoms with van der Waals surface area (Å²) >= 11 is 3.31. The second-order valence-electron chi connectivity index (χ2n) is 6.29. The van der Waals surface area contributed by atoms with E-state index in [1.165, 1.54) is 12.1 Å². The van der Waals surface area contributed by atoms with Crippen molar-refractivity contribution in [2.45, 2.75) is 25.9 Å². The Morgan fingerprint density at radius 2 is 1.73 bits per heavy atom. The SMILES string of the molecule is Cc1cc(Br)ccc1NC(=O)COC(=O)CCC(=O)Nc1cccc(C(F)(F)F)c1. The lowest BCUT2D eigenvalue weighted by atomic mass is 10.2. The van der Waals surface area contributed by atoms with Gasteiger partial charge in [-0.25, -0.2) is 0 Å². The number of aryl methyl sites for hydroxylation is 1. The monoisotopic (exact) mass is 486 g/mol. The maximum atomic E-state index is 12.7. The second-order valence-corrected chi connectivity index (χ2v) is 7.21. The zero-order valence-electron chi connectivity index (χ0n) is 15.8. The maximum Gasteiger partial charge on any atom is 0.416 e. The van der Waals surface area contributed by atoms with Crippen LogP contribution in [0.4, 0.5) is 24.5 Å². The molecule has 2 aromatic carbocycles. The van der Waals surface area contributed by atoms with Gasteiger partial charge in [0.1, 0.15) is 0 Å². The summed E-state index contributed by atoms with van der Waals surface area (Å²) in [5, 5.41) is 4.89. The molecule has 2 amide bonds. The molecule has 0 spiro atoms. The fourth-order valence-corrected chi connectivity index (χ4v) is 2.86. The fourth-order valence-electron chi connectivity index (χ4n) is 2.38. The van der Waals surface area contributed by atoms with Gasteiger partial charge >= 0.3 is 12.1 Å². The summed E-state index contributed by atoms with van der Waals surface area (Å²) in [4.78, 5) is 35.4. The molecule has 0 unspecified atom stereocenters.